The van der Waals surface area contributed by atoms with Gasteiger partial charge in [0.15, 0.2) is 17.5 Å². The highest BCUT2D eigenvalue weighted by Gasteiger charge is 2.17. The standard InChI is InChI=1S/C18H20F3N3O/c1-3-7-24(8-4-2)18(25)12-9-13(11-22-10-12)23-15-6-5-14(19)16(20)17(15)21/h5-6,9-11,23H,3-4,7-8H2,1-2H3. The number of halogens is 3. The van der Waals surface area contributed by atoms with Crippen molar-refractivity contribution in [2.75, 3.05) is 18.4 Å². The minimum atomic E-state index is -1.55. The van der Waals surface area contributed by atoms with Crippen molar-refractivity contribution in [3.63, 3.8) is 0 Å². The first-order valence-corrected chi connectivity index (χ1v) is 8.12. The summed E-state index contributed by atoms with van der Waals surface area (Å²) in [6, 6.07) is 3.42. The lowest BCUT2D eigenvalue weighted by atomic mass is 10.2. The Bertz CT molecular complexity index is 746. The quantitative estimate of drug-likeness (QED) is 0.747. The summed E-state index contributed by atoms with van der Waals surface area (Å²) < 4.78 is 40.1. The summed E-state index contributed by atoms with van der Waals surface area (Å²) in [6.45, 7) is 5.22. The van der Waals surface area contributed by atoms with Crippen molar-refractivity contribution in [2.45, 2.75) is 26.7 Å². The number of rotatable bonds is 7. The first-order chi connectivity index (χ1) is 12.0. The third kappa shape index (κ3) is 4.49. The summed E-state index contributed by atoms with van der Waals surface area (Å²) >= 11 is 0. The van der Waals surface area contributed by atoms with Crippen LogP contribution in [0.2, 0.25) is 0 Å². The summed E-state index contributed by atoms with van der Waals surface area (Å²) in [6.07, 6.45) is 4.46. The van der Waals surface area contributed by atoms with Crippen LogP contribution in [-0.2, 0) is 0 Å². The molecule has 0 saturated heterocycles. The van der Waals surface area contributed by atoms with E-state index in [1.54, 1.807) is 4.90 Å². The Morgan fingerprint density at radius 2 is 1.76 bits per heavy atom. The Balaban J connectivity index is 2.24. The molecule has 0 radical (unpaired) electrons. The molecule has 0 saturated carbocycles. The van der Waals surface area contributed by atoms with Gasteiger partial charge in [-0.15, -0.1) is 0 Å². The summed E-state index contributed by atoms with van der Waals surface area (Å²) in [5.74, 6) is -4.32. The number of nitrogens with one attached hydrogen (secondary N) is 1. The van der Waals surface area contributed by atoms with Crippen LogP contribution in [0.4, 0.5) is 24.5 Å². The number of aromatic nitrogens is 1. The minimum Gasteiger partial charge on any atom is -0.352 e. The molecule has 0 fully saturated rings. The number of benzene rings is 1. The van der Waals surface area contributed by atoms with Crippen molar-refractivity contribution in [1.29, 1.82) is 0 Å². The lowest BCUT2D eigenvalue weighted by Gasteiger charge is -2.21. The molecule has 0 aliphatic rings. The van der Waals surface area contributed by atoms with Gasteiger partial charge >= 0.3 is 0 Å². The molecule has 0 bridgehead atoms. The predicted molar refractivity (Wildman–Crippen MR) is 90.3 cm³/mol. The zero-order chi connectivity index (χ0) is 18.4. The highest BCUT2D eigenvalue weighted by atomic mass is 19.2. The summed E-state index contributed by atoms with van der Waals surface area (Å²) in [5, 5.41) is 2.62. The minimum absolute atomic E-state index is 0.175. The molecule has 134 valence electrons. The van der Waals surface area contributed by atoms with Crippen molar-refractivity contribution < 1.29 is 18.0 Å². The Morgan fingerprint density at radius 1 is 1.08 bits per heavy atom. The van der Waals surface area contributed by atoms with Crippen molar-refractivity contribution in [1.82, 2.24) is 9.88 Å². The topological polar surface area (TPSA) is 45.2 Å². The monoisotopic (exact) mass is 351 g/mol. The number of pyridine rings is 1. The van der Waals surface area contributed by atoms with Crippen molar-refractivity contribution in [3.05, 3.63) is 53.6 Å². The fourth-order valence-corrected chi connectivity index (χ4v) is 2.44. The van der Waals surface area contributed by atoms with E-state index in [4.69, 9.17) is 0 Å². The normalized spacial score (nSPS) is 10.6. The summed E-state index contributed by atoms with van der Waals surface area (Å²) in [7, 11) is 0. The van der Waals surface area contributed by atoms with Crippen molar-refractivity contribution in [3.8, 4) is 0 Å². The Labute approximate surface area is 144 Å². The lowest BCUT2D eigenvalue weighted by molar-refractivity contribution is 0.0755. The predicted octanol–water partition coefficient (Wildman–Crippen LogP) is 4.50. The number of nitrogens with zero attached hydrogens (tertiary/aromatic N) is 2. The van der Waals surface area contributed by atoms with Gasteiger partial charge in [0.05, 0.1) is 23.1 Å². The molecule has 0 atom stereocenters. The first kappa shape index (κ1) is 18.8. The van der Waals surface area contributed by atoms with E-state index in [0.717, 1.165) is 25.0 Å². The fourth-order valence-electron chi connectivity index (χ4n) is 2.44. The van der Waals surface area contributed by atoms with Gasteiger partial charge in [0.1, 0.15) is 0 Å². The Morgan fingerprint density at radius 3 is 2.40 bits per heavy atom. The van der Waals surface area contributed by atoms with E-state index in [2.05, 4.69) is 10.3 Å². The van der Waals surface area contributed by atoms with Gasteiger partial charge < -0.3 is 10.2 Å². The molecule has 1 N–H and O–H groups in total. The van der Waals surface area contributed by atoms with Crippen LogP contribution < -0.4 is 5.32 Å². The molecule has 2 rings (SSSR count). The summed E-state index contributed by atoms with van der Waals surface area (Å²) in [4.78, 5) is 18.3. The maximum atomic E-state index is 13.8. The third-order valence-electron chi connectivity index (χ3n) is 3.57. The largest absolute Gasteiger partial charge is 0.352 e. The van der Waals surface area contributed by atoms with E-state index >= 15 is 0 Å². The Hall–Kier alpha value is -2.57. The fraction of sp³-hybridized carbons (Fsp3) is 0.333. The summed E-state index contributed by atoms with van der Waals surface area (Å²) in [5.41, 5.74) is 0.419. The molecule has 4 nitrogen and oxygen atoms in total. The molecule has 0 spiro atoms. The average molecular weight is 351 g/mol. The van der Waals surface area contributed by atoms with Crippen LogP contribution in [0.3, 0.4) is 0 Å². The van der Waals surface area contributed by atoms with E-state index in [9.17, 15) is 18.0 Å². The molecule has 1 amide bonds. The molecular weight excluding hydrogens is 331 g/mol. The van der Waals surface area contributed by atoms with Gasteiger partial charge in [0.2, 0.25) is 0 Å². The van der Waals surface area contributed by atoms with E-state index in [1.165, 1.54) is 18.5 Å². The van der Waals surface area contributed by atoms with Gasteiger partial charge in [-0.1, -0.05) is 13.8 Å². The zero-order valence-electron chi connectivity index (χ0n) is 14.2. The second-order valence-corrected chi connectivity index (χ2v) is 5.60. The average Bonchev–Trinajstić information content (AvgIpc) is 2.62. The zero-order valence-corrected chi connectivity index (χ0v) is 14.2. The second-order valence-electron chi connectivity index (χ2n) is 5.60. The number of amides is 1. The molecule has 1 aromatic carbocycles. The smallest absolute Gasteiger partial charge is 0.255 e. The first-order valence-electron chi connectivity index (χ1n) is 8.12. The van der Waals surface area contributed by atoms with Crippen LogP contribution in [0.25, 0.3) is 0 Å². The van der Waals surface area contributed by atoms with Crippen LogP contribution in [0, 0.1) is 17.5 Å². The van der Waals surface area contributed by atoms with Crippen LogP contribution in [0.15, 0.2) is 30.6 Å². The highest BCUT2D eigenvalue weighted by Crippen LogP contribution is 2.24. The highest BCUT2D eigenvalue weighted by molar-refractivity contribution is 5.95. The van der Waals surface area contributed by atoms with Crippen LogP contribution in [0.1, 0.15) is 37.0 Å². The molecule has 1 heterocycles. The molecule has 1 aromatic heterocycles. The van der Waals surface area contributed by atoms with Gasteiger partial charge in [-0.3, -0.25) is 9.78 Å². The molecule has 0 unspecified atom stereocenters. The van der Waals surface area contributed by atoms with Gasteiger partial charge in [0.25, 0.3) is 5.91 Å². The Kier molecular flexibility index (Phi) is 6.38. The van der Waals surface area contributed by atoms with Gasteiger partial charge in [-0.25, -0.2) is 13.2 Å². The number of carbonyl (C=O) groups excluding carboxylic acids is 1. The van der Waals surface area contributed by atoms with Gasteiger partial charge in [-0.05, 0) is 31.0 Å². The number of anilines is 2. The molecule has 0 aliphatic carbocycles. The second kappa shape index (κ2) is 8.50. The SMILES string of the molecule is CCCN(CCC)C(=O)c1cncc(Nc2ccc(F)c(F)c2F)c1. The maximum Gasteiger partial charge on any atom is 0.255 e. The lowest BCUT2D eigenvalue weighted by Crippen LogP contribution is -2.32. The van der Waals surface area contributed by atoms with Crippen molar-refractivity contribution >= 4 is 17.3 Å². The maximum absolute atomic E-state index is 13.8. The van der Waals surface area contributed by atoms with E-state index in [1.807, 2.05) is 13.8 Å². The van der Waals surface area contributed by atoms with Crippen LogP contribution in [0.5, 0.6) is 0 Å². The molecule has 7 heteroatoms. The molecular formula is C18H20F3N3O. The molecule has 2 aromatic rings. The number of hydrogen-bond acceptors (Lipinski definition) is 3. The van der Waals surface area contributed by atoms with Crippen LogP contribution in [-0.4, -0.2) is 28.9 Å². The van der Waals surface area contributed by atoms with Gasteiger partial charge in [-0.2, -0.15) is 0 Å². The molecule has 0 aliphatic heterocycles. The van der Waals surface area contributed by atoms with Crippen molar-refractivity contribution in [2.24, 2.45) is 0 Å². The molecule has 25 heavy (non-hydrogen) atoms. The number of hydrogen-bond donors (Lipinski definition) is 1. The van der Waals surface area contributed by atoms with E-state index < -0.39 is 17.5 Å². The van der Waals surface area contributed by atoms with Gasteiger partial charge in [0, 0.05) is 19.3 Å². The third-order valence-corrected chi connectivity index (χ3v) is 3.57. The van der Waals surface area contributed by atoms with Crippen LogP contribution >= 0.6 is 0 Å². The van der Waals surface area contributed by atoms with E-state index in [-0.39, 0.29) is 11.6 Å². The van der Waals surface area contributed by atoms with E-state index in [0.29, 0.717) is 24.3 Å². The number of carbonyl (C=O) groups is 1.